The molecule has 1 amide bonds. The fraction of sp³-hybridized carbons (Fsp3) is 0.533. The first-order valence-electron chi connectivity index (χ1n) is 6.84. The van der Waals surface area contributed by atoms with Crippen LogP contribution in [0.25, 0.3) is 0 Å². The van der Waals surface area contributed by atoms with E-state index in [1.165, 1.54) is 0 Å². The number of anilines is 2. The van der Waals surface area contributed by atoms with Crippen molar-refractivity contribution in [2.24, 2.45) is 11.8 Å². The number of rotatable bonds is 2. The zero-order valence-electron chi connectivity index (χ0n) is 11.5. The molecule has 2 rings (SSSR count). The SMILES string of the molecule is Cc1cc(Br)cc(N)c1NC(=O)C1CCC(C)CC1. The van der Waals surface area contributed by atoms with Crippen molar-refractivity contribution in [1.29, 1.82) is 0 Å². The molecular weight excluding hydrogens is 304 g/mol. The van der Waals surface area contributed by atoms with Crippen LogP contribution in [-0.4, -0.2) is 5.91 Å². The summed E-state index contributed by atoms with van der Waals surface area (Å²) in [5.41, 5.74) is 8.34. The van der Waals surface area contributed by atoms with E-state index in [2.05, 4.69) is 28.2 Å². The summed E-state index contributed by atoms with van der Waals surface area (Å²) in [6, 6.07) is 3.79. The van der Waals surface area contributed by atoms with Crippen LogP contribution in [0.3, 0.4) is 0 Å². The van der Waals surface area contributed by atoms with Gasteiger partial charge in [-0.1, -0.05) is 22.9 Å². The van der Waals surface area contributed by atoms with Crippen molar-refractivity contribution in [3.8, 4) is 0 Å². The average Bonchev–Trinajstić information content (AvgIpc) is 2.34. The standard InChI is InChI=1S/C15H21BrN2O/c1-9-3-5-11(6-4-9)15(19)18-14-10(2)7-12(16)8-13(14)17/h7-9,11H,3-6,17H2,1-2H3,(H,18,19). The zero-order chi connectivity index (χ0) is 14.0. The van der Waals surface area contributed by atoms with Gasteiger partial charge in [0.2, 0.25) is 5.91 Å². The summed E-state index contributed by atoms with van der Waals surface area (Å²) in [6.45, 7) is 4.21. The average molecular weight is 325 g/mol. The summed E-state index contributed by atoms with van der Waals surface area (Å²) in [6.07, 6.45) is 4.27. The zero-order valence-corrected chi connectivity index (χ0v) is 13.1. The highest BCUT2D eigenvalue weighted by molar-refractivity contribution is 9.10. The molecule has 3 nitrogen and oxygen atoms in total. The summed E-state index contributed by atoms with van der Waals surface area (Å²) >= 11 is 3.40. The third-order valence-corrected chi connectivity index (χ3v) is 4.42. The third kappa shape index (κ3) is 3.50. The molecule has 0 unspecified atom stereocenters. The minimum Gasteiger partial charge on any atom is -0.397 e. The maximum absolute atomic E-state index is 12.3. The van der Waals surface area contributed by atoms with Crippen molar-refractivity contribution in [3.63, 3.8) is 0 Å². The number of nitrogens with two attached hydrogens (primary N) is 1. The van der Waals surface area contributed by atoms with Gasteiger partial charge in [0.1, 0.15) is 0 Å². The van der Waals surface area contributed by atoms with Crippen molar-refractivity contribution in [1.82, 2.24) is 0 Å². The Morgan fingerprint density at radius 1 is 1.32 bits per heavy atom. The van der Waals surface area contributed by atoms with Crippen LogP contribution < -0.4 is 11.1 Å². The monoisotopic (exact) mass is 324 g/mol. The van der Waals surface area contributed by atoms with Gasteiger partial charge in [-0.15, -0.1) is 0 Å². The number of amides is 1. The number of halogens is 1. The molecule has 0 aliphatic heterocycles. The summed E-state index contributed by atoms with van der Waals surface area (Å²) in [7, 11) is 0. The number of benzene rings is 1. The molecule has 0 radical (unpaired) electrons. The maximum atomic E-state index is 12.3. The smallest absolute Gasteiger partial charge is 0.227 e. The summed E-state index contributed by atoms with van der Waals surface area (Å²) < 4.78 is 0.937. The van der Waals surface area contributed by atoms with Gasteiger partial charge in [-0.25, -0.2) is 0 Å². The molecule has 3 N–H and O–H groups in total. The molecule has 1 aromatic carbocycles. The summed E-state index contributed by atoms with van der Waals surface area (Å²) in [4.78, 5) is 12.3. The van der Waals surface area contributed by atoms with Gasteiger partial charge in [0.25, 0.3) is 0 Å². The van der Waals surface area contributed by atoms with Crippen LogP contribution in [0.5, 0.6) is 0 Å². The van der Waals surface area contributed by atoms with E-state index in [1.54, 1.807) is 0 Å². The lowest BCUT2D eigenvalue weighted by Gasteiger charge is -2.25. The van der Waals surface area contributed by atoms with Crippen LogP contribution >= 0.6 is 15.9 Å². The third-order valence-electron chi connectivity index (χ3n) is 3.97. The second kappa shape index (κ2) is 5.95. The van der Waals surface area contributed by atoms with Gasteiger partial charge >= 0.3 is 0 Å². The molecular formula is C15H21BrN2O. The molecule has 0 bridgehead atoms. The first-order chi connectivity index (χ1) is 8.97. The van der Waals surface area contributed by atoms with Gasteiger partial charge in [-0.2, -0.15) is 0 Å². The molecule has 0 saturated heterocycles. The van der Waals surface area contributed by atoms with E-state index in [9.17, 15) is 4.79 Å². The fourth-order valence-electron chi connectivity index (χ4n) is 2.69. The Morgan fingerprint density at radius 2 is 1.95 bits per heavy atom. The van der Waals surface area contributed by atoms with Crippen molar-refractivity contribution in [2.75, 3.05) is 11.1 Å². The first kappa shape index (κ1) is 14.4. The highest BCUT2D eigenvalue weighted by Gasteiger charge is 2.25. The number of hydrogen-bond acceptors (Lipinski definition) is 2. The van der Waals surface area contributed by atoms with E-state index in [4.69, 9.17) is 5.73 Å². The molecule has 4 heteroatoms. The van der Waals surface area contributed by atoms with E-state index < -0.39 is 0 Å². The predicted octanol–water partition coefficient (Wildman–Crippen LogP) is 4.10. The number of nitrogens with one attached hydrogen (secondary N) is 1. The van der Waals surface area contributed by atoms with Crippen molar-refractivity contribution in [3.05, 3.63) is 22.2 Å². The van der Waals surface area contributed by atoms with E-state index in [0.717, 1.165) is 47.3 Å². The topological polar surface area (TPSA) is 55.1 Å². The molecule has 0 spiro atoms. The Labute approximate surface area is 123 Å². The van der Waals surface area contributed by atoms with Gasteiger partial charge in [0, 0.05) is 10.4 Å². The second-order valence-corrected chi connectivity index (χ2v) is 6.55. The Morgan fingerprint density at radius 3 is 2.53 bits per heavy atom. The minimum absolute atomic E-state index is 0.115. The van der Waals surface area contributed by atoms with Crippen LogP contribution in [-0.2, 0) is 4.79 Å². The number of hydrogen-bond donors (Lipinski definition) is 2. The first-order valence-corrected chi connectivity index (χ1v) is 7.63. The van der Waals surface area contributed by atoms with Crippen LogP contribution in [0.15, 0.2) is 16.6 Å². The highest BCUT2D eigenvalue weighted by atomic mass is 79.9. The summed E-state index contributed by atoms with van der Waals surface area (Å²) in [5.74, 6) is 1.01. The molecule has 19 heavy (non-hydrogen) atoms. The Kier molecular flexibility index (Phi) is 4.50. The lowest BCUT2D eigenvalue weighted by molar-refractivity contribution is -0.121. The molecule has 0 aromatic heterocycles. The Bertz CT molecular complexity index is 456. The molecule has 1 fully saturated rings. The van der Waals surface area contributed by atoms with Crippen LogP contribution in [0, 0.1) is 18.8 Å². The number of carbonyl (C=O) groups is 1. The van der Waals surface area contributed by atoms with Crippen molar-refractivity contribution >= 4 is 33.2 Å². The molecule has 0 atom stereocenters. The van der Waals surface area contributed by atoms with Crippen LogP contribution in [0.1, 0.15) is 38.2 Å². The molecule has 1 saturated carbocycles. The quantitative estimate of drug-likeness (QED) is 0.804. The molecule has 1 aromatic rings. The molecule has 104 valence electrons. The van der Waals surface area contributed by atoms with Crippen molar-refractivity contribution in [2.45, 2.75) is 39.5 Å². The van der Waals surface area contributed by atoms with Gasteiger partial charge in [0.05, 0.1) is 11.4 Å². The van der Waals surface area contributed by atoms with E-state index in [0.29, 0.717) is 5.69 Å². The van der Waals surface area contributed by atoms with Crippen LogP contribution in [0.2, 0.25) is 0 Å². The van der Waals surface area contributed by atoms with Crippen molar-refractivity contribution < 1.29 is 4.79 Å². The second-order valence-electron chi connectivity index (χ2n) is 5.63. The molecule has 0 heterocycles. The maximum Gasteiger partial charge on any atom is 0.227 e. The normalized spacial score (nSPS) is 23.1. The van der Waals surface area contributed by atoms with Gasteiger partial charge < -0.3 is 11.1 Å². The van der Waals surface area contributed by atoms with Gasteiger partial charge in [-0.05, 0) is 56.2 Å². The molecule has 1 aliphatic carbocycles. The molecule has 1 aliphatic rings. The number of aryl methyl sites for hydroxylation is 1. The van der Waals surface area contributed by atoms with E-state index >= 15 is 0 Å². The Hall–Kier alpha value is -1.03. The Balaban J connectivity index is 2.07. The number of carbonyl (C=O) groups excluding carboxylic acids is 1. The lowest BCUT2D eigenvalue weighted by atomic mass is 9.82. The lowest BCUT2D eigenvalue weighted by Crippen LogP contribution is -2.27. The van der Waals surface area contributed by atoms with Gasteiger partial charge in [-0.3, -0.25) is 4.79 Å². The summed E-state index contributed by atoms with van der Waals surface area (Å²) in [5, 5.41) is 3.01. The van der Waals surface area contributed by atoms with E-state index in [-0.39, 0.29) is 11.8 Å². The fourth-order valence-corrected chi connectivity index (χ4v) is 3.28. The minimum atomic E-state index is 0.115. The van der Waals surface area contributed by atoms with Gasteiger partial charge in [0.15, 0.2) is 0 Å². The van der Waals surface area contributed by atoms with Crippen LogP contribution in [0.4, 0.5) is 11.4 Å². The highest BCUT2D eigenvalue weighted by Crippen LogP contribution is 2.32. The predicted molar refractivity (Wildman–Crippen MR) is 83.0 cm³/mol. The largest absolute Gasteiger partial charge is 0.397 e. The number of nitrogen functional groups attached to an aromatic ring is 1. The van der Waals surface area contributed by atoms with E-state index in [1.807, 2.05) is 19.1 Å².